The zero-order valence-electron chi connectivity index (χ0n) is 5.83. The molecule has 0 aliphatic heterocycles. The van der Waals surface area contributed by atoms with E-state index in [2.05, 4.69) is 20.9 Å². The number of thioether (sulfide) groups is 1. The molecule has 0 fully saturated rings. The highest BCUT2D eigenvalue weighted by Gasteiger charge is 1.94. The molecule has 60 valence electrons. The Bertz CT molecular complexity index is 231. The predicted octanol–water partition coefficient (Wildman–Crippen LogP) is 1.93. The summed E-state index contributed by atoms with van der Waals surface area (Å²) in [6.07, 6.45) is 0. The summed E-state index contributed by atoms with van der Waals surface area (Å²) in [5, 5.41) is 9.47. The SMILES string of the molecule is OCCSc1cccc(Br)n1. The van der Waals surface area contributed by atoms with Gasteiger partial charge in [0, 0.05) is 5.75 Å². The van der Waals surface area contributed by atoms with E-state index in [-0.39, 0.29) is 6.61 Å². The third-order valence-corrected chi connectivity index (χ3v) is 2.38. The predicted molar refractivity (Wildman–Crippen MR) is 49.7 cm³/mol. The molecular formula is C7H8BrNOS. The molecule has 2 nitrogen and oxygen atoms in total. The van der Waals surface area contributed by atoms with Gasteiger partial charge in [0.25, 0.3) is 0 Å². The smallest absolute Gasteiger partial charge is 0.107 e. The molecule has 4 heteroatoms. The zero-order valence-corrected chi connectivity index (χ0v) is 8.23. The number of aliphatic hydroxyl groups excluding tert-OH is 1. The molecule has 1 heterocycles. The number of hydrogen-bond acceptors (Lipinski definition) is 3. The monoisotopic (exact) mass is 233 g/mol. The molecule has 0 aliphatic rings. The molecule has 0 amide bonds. The lowest BCUT2D eigenvalue weighted by Crippen LogP contribution is -1.87. The van der Waals surface area contributed by atoms with Crippen LogP contribution in [0.15, 0.2) is 27.8 Å². The number of pyridine rings is 1. The van der Waals surface area contributed by atoms with Crippen LogP contribution < -0.4 is 0 Å². The molecule has 0 bridgehead atoms. The van der Waals surface area contributed by atoms with Gasteiger partial charge in [0.15, 0.2) is 0 Å². The van der Waals surface area contributed by atoms with Crippen LogP contribution in [-0.2, 0) is 0 Å². The van der Waals surface area contributed by atoms with Crippen LogP contribution >= 0.6 is 27.7 Å². The van der Waals surface area contributed by atoms with Crippen LogP contribution in [0.3, 0.4) is 0 Å². The topological polar surface area (TPSA) is 33.1 Å². The molecule has 1 rings (SSSR count). The lowest BCUT2D eigenvalue weighted by Gasteiger charge is -1.97. The standard InChI is InChI=1S/C7H8BrNOS/c8-6-2-1-3-7(9-6)11-5-4-10/h1-3,10H,4-5H2. The quantitative estimate of drug-likeness (QED) is 0.640. The first-order chi connectivity index (χ1) is 5.33. The fourth-order valence-electron chi connectivity index (χ4n) is 0.620. The third-order valence-electron chi connectivity index (χ3n) is 1.03. The van der Waals surface area contributed by atoms with Crippen molar-refractivity contribution in [3.63, 3.8) is 0 Å². The number of aliphatic hydroxyl groups is 1. The van der Waals surface area contributed by atoms with E-state index >= 15 is 0 Å². The molecule has 0 radical (unpaired) electrons. The maximum atomic E-state index is 8.54. The van der Waals surface area contributed by atoms with E-state index in [1.54, 1.807) is 11.8 Å². The van der Waals surface area contributed by atoms with Crippen LogP contribution in [-0.4, -0.2) is 22.5 Å². The molecule has 11 heavy (non-hydrogen) atoms. The largest absolute Gasteiger partial charge is 0.396 e. The van der Waals surface area contributed by atoms with Crippen LogP contribution in [0.25, 0.3) is 0 Å². The highest BCUT2D eigenvalue weighted by molar-refractivity contribution is 9.10. The minimum absolute atomic E-state index is 0.193. The molecule has 1 aromatic rings. The van der Waals surface area contributed by atoms with Crippen LogP contribution in [0, 0.1) is 0 Å². The highest BCUT2D eigenvalue weighted by atomic mass is 79.9. The molecular weight excluding hydrogens is 226 g/mol. The van der Waals surface area contributed by atoms with Gasteiger partial charge >= 0.3 is 0 Å². The number of halogens is 1. The Morgan fingerprint density at radius 2 is 2.36 bits per heavy atom. The Labute approximate surface area is 78.2 Å². The maximum absolute atomic E-state index is 8.54. The number of rotatable bonds is 3. The van der Waals surface area contributed by atoms with Crippen molar-refractivity contribution in [1.29, 1.82) is 0 Å². The van der Waals surface area contributed by atoms with Crippen LogP contribution in [0.1, 0.15) is 0 Å². The Hall–Kier alpha value is -0.0600. The average molecular weight is 234 g/mol. The van der Waals surface area contributed by atoms with Crippen molar-refractivity contribution in [3.8, 4) is 0 Å². The van der Waals surface area contributed by atoms with Crippen molar-refractivity contribution in [2.75, 3.05) is 12.4 Å². The Morgan fingerprint density at radius 1 is 1.55 bits per heavy atom. The second-order valence-electron chi connectivity index (χ2n) is 1.87. The van der Waals surface area contributed by atoms with Gasteiger partial charge in [-0.1, -0.05) is 6.07 Å². The molecule has 0 aromatic carbocycles. The molecule has 0 saturated heterocycles. The Morgan fingerprint density at radius 3 is 3.00 bits per heavy atom. The first-order valence-corrected chi connectivity index (χ1v) is 4.97. The van der Waals surface area contributed by atoms with E-state index in [1.807, 2.05) is 18.2 Å². The van der Waals surface area contributed by atoms with Gasteiger partial charge in [0.1, 0.15) is 4.60 Å². The molecule has 1 N–H and O–H groups in total. The number of hydrogen-bond donors (Lipinski definition) is 1. The number of nitrogens with zero attached hydrogens (tertiary/aromatic N) is 1. The van der Waals surface area contributed by atoms with E-state index in [0.717, 1.165) is 9.63 Å². The highest BCUT2D eigenvalue weighted by Crippen LogP contribution is 2.16. The zero-order chi connectivity index (χ0) is 8.10. The van der Waals surface area contributed by atoms with E-state index in [9.17, 15) is 0 Å². The molecule has 0 spiro atoms. The fourth-order valence-corrected chi connectivity index (χ4v) is 1.72. The summed E-state index contributed by atoms with van der Waals surface area (Å²) < 4.78 is 0.834. The van der Waals surface area contributed by atoms with Gasteiger partial charge in [0.2, 0.25) is 0 Å². The van der Waals surface area contributed by atoms with Crippen LogP contribution in [0.2, 0.25) is 0 Å². The van der Waals surface area contributed by atoms with Crippen molar-refractivity contribution in [2.45, 2.75) is 5.03 Å². The Balaban J connectivity index is 2.56. The van der Waals surface area contributed by atoms with Crippen molar-refractivity contribution >= 4 is 27.7 Å². The van der Waals surface area contributed by atoms with Gasteiger partial charge in [-0.3, -0.25) is 0 Å². The average Bonchev–Trinajstić information content (AvgIpc) is 2.01. The molecule has 0 atom stereocenters. The molecule has 0 aliphatic carbocycles. The van der Waals surface area contributed by atoms with Gasteiger partial charge in [-0.05, 0) is 28.1 Å². The summed E-state index contributed by atoms with van der Waals surface area (Å²) in [7, 11) is 0. The van der Waals surface area contributed by atoms with E-state index < -0.39 is 0 Å². The minimum atomic E-state index is 0.193. The molecule has 0 saturated carbocycles. The fraction of sp³-hybridized carbons (Fsp3) is 0.286. The summed E-state index contributed by atoms with van der Waals surface area (Å²) in [6.45, 7) is 0.193. The normalized spacial score (nSPS) is 10.0. The first-order valence-electron chi connectivity index (χ1n) is 3.19. The van der Waals surface area contributed by atoms with Gasteiger partial charge in [-0.2, -0.15) is 0 Å². The van der Waals surface area contributed by atoms with E-state index in [1.165, 1.54) is 0 Å². The third kappa shape index (κ3) is 3.22. The molecule has 0 unspecified atom stereocenters. The maximum Gasteiger partial charge on any atom is 0.107 e. The van der Waals surface area contributed by atoms with Crippen LogP contribution in [0.4, 0.5) is 0 Å². The first kappa shape index (κ1) is 9.03. The number of aromatic nitrogens is 1. The van der Waals surface area contributed by atoms with Crippen molar-refractivity contribution in [2.24, 2.45) is 0 Å². The van der Waals surface area contributed by atoms with Crippen molar-refractivity contribution < 1.29 is 5.11 Å². The lowest BCUT2D eigenvalue weighted by atomic mass is 10.5. The van der Waals surface area contributed by atoms with Crippen LogP contribution in [0.5, 0.6) is 0 Å². The van der Waals surface area contributed by atoms with Gasteiger partial charge in [0.05, 0.1) is 11.6 Å². The molecule has 1 aromatic heterocycles. The summed E-state index contributed by atoms with van der Waals surface area (Å²) in [6, 6.07) is 5.73. The lowest BCUT2D eigenvalue weighted by molar-refractivity contribution is 0.322. The second-order valence-corrected chi connectivity index (χ2v) is 3.80. The Kier molecular flexibility index (Phi) is 3.90. The van der Waals surface area contributed by atoms with Crippen molar-refractivity contribution in [1.82, 2.24) is 4.98 Å². The van der Waals surface area contributed by atoms with Gasteiger partial charge in [-0.25, -0.2) is 4.98 Å². The summed E-state index contributed by atoms with van der Waals surface area (Å²) in [5.74, 6) is 0.698. The van der Waals surface area contributed by atoms with E-state index in [0.29, 0.717) is 5.75 Å². The second kappa shape index (κ2) is 4.74. The van der Waals surface area contributed by atoms with E-state index in [4.69, 9.17) is 5.11 Å². The minimum Gasteiger partial charge on any atom is -0.396 e. The van der Waals surface area contributed by atoms with Gasteiger partial charge < -0.3 is 5.11 Å². The summed E-state index contributed by atoms with van der Waals surface area (Å²) >= 11 is 4.81. The summed E-state index contributed by atoms with van der Waals surface area (Å²) in [4.78, 5) is 4.18. The van der Waals surface area contributed by atoms with Crippen molar-refractivity contribution in [3.05, 3.63) is 22.8 Å². The van der Waals surface area contributed by atoms with Gasteiger partial charge in [-0.15, -0.1) is 11.8 Å². The summed E-state index contributed by atoms with van der Waals surface area (Å²) in [5.41, 5.74) is 0.